The number of sulfone groups is 1. The lowest BCUT2D eigenvalue weighted by molar-refractivity contribution is -0.139. The number of hydrogen-bond donors (Lipinski definition) is 2. The first-order chi connectivity index (χ1) is 15.1. The standard InChI is InChI=1S/C23H20F3NO4S/c24-23(25,26)20-9-5-4-8-19(20)21(28)14-27-22(29)17-12-10-16(11-13-17)15-32(30,31)18-6-2-1-3-7-18/h1-13,21,28H,14-15H2,(H,27,29). The van der Waals surface area contributed by atoms with Crippen LogP contribution in [0.4, 0.5) is 13.2 Å². The van der Waals surface area contributed by atoms with Crippen molar-refractivity contribution in [1.82, 2.24) is 5.32 Å². The van der Waals surface area contributed by atoms with E-state index in [2.05, 4.69) is 5.32 Å². The van der Waals surface area contributed by atoms with Gasteiger partial charge in [0.2, 0.25) is 0 Å². The highest BCUT2D eigenvalue weighted by Gasteiger charge is 2.34. The van der Waals surface area contributed by atoms with Crippen LogP contribution in [0.2, 0.25) is 0 Å². The molecule has 2 N–H and O–H groups in total. The Morgan fingerprint density at radius 3 is 2.12 bits per heavy atom. The molecule has 5 nitrogen and oxygen atoms in total. The molecule has 3 aromatic rings. The molecule has 0 radical (unpaired) electrons. The molecule has 3 aromatic carbocycles. The molecule has 0 aliphatic rings. The number of halogens is 3. The average molecular weight is 463 g/mol. The van der Waals surface area contributed by atoms with Gasteiger partial charge in [0.25, 0.3) is 5.91 Å². The summed E-state index contributed by atoms with van der Waals surface area (Å²) in [6.45, 7) is -0.421. The molecule has 0 saturated carbocycles. The fourth-order valence-electron chi connectivity index (χ4n) is 3.13. The van der Waals surface area contributed by atoms with Gasteiger partial charge in [-0.25, -0.2) is 8.42 Å². The van der Waals surface area contributed by atoms with Crippen LogP contribution in [0.15, 0.2) is 83.8 Å². The van der Waals surface area contributed by atoms with Gasteiger partial charge in [-0.05, 0) is 41.5 Å². The number of benzene rings is 3. The Morgan fingerprint density at radius 2 is 1.50 bits per heavy atom. The quantitative estimate of drug-likeness (QED) is 0.552. The minimum atomic E-state index is -4.63. The van der Waals surface area contributed by atoms with Crippen LogP contribution >= 0.6 is 0 Å². The predicted molar refractivity (Wildman–Crippen MR) is 113 cm³/mol. The Labute approximate surface area is 183 Å². The molecule has 1 amide bonds. The number of aliphatic hydroxyl groups excluding tert-OH is 1. The molecule has 0 aliphatic carbocycles. The third-order valence-electron chi connectivity index (χ3n) is 4.76. The Hall–Kier alpha value is -3.17. The van der Waals surface area contributed by atoms with Crippen LogP contribution in [0.1, 0.15) is 33.2 Å². The van der Waals surface area contributed by atoms with E-state index in [1.54, 1.807) is 18.2 Å². The summed E-state index contributed by atoms with van der Waals surface area (Å²) in [5.41, 5.74) is -0.640. The van der Waals surface area contributed by atoms with E-state index < -0.39 is 40.1 Å². The van der Waals surface area contributed by atoms with Crippen LogP contribution in [-0.2, 0) is 21.8 Å². The average Bonchev–Trinajstić information content (AvgIpc) is 2.77. The predicted octanol–water partition coefficient (Wildman–Crippen LogP) is 4.14. The highest BCUT2D eigenvalue weighted by molar-refractivity contribution is 7.90. The van der Waals surface area contributed by atoms with Gasteiger partial charge in [-0.1, -0.05) is 48.5 Å². The van der Waals surface area contributed by atoms with E-state index in [4.69, 9.17) is 0 Å². The largest absolute Gasteiger partial charge is 0.416 e. The molecule has 0 heterocycles. The molecular formula is C23H20F3NO4S. The monoisotopic (exact) mass is 463 g/mol. The first-order valence-corrected chi connectivity index (χ1v) is 11.2. The van der Waals surface area contributed by atoms with Gasteiger partial charge in [-0.2, -0.15) is 13.2 Å². The van der Waals surface area contributed by atoms with Gasteiger partial charge in [0, 0.05) is 12.1 Å². The van der Waals surface area contributed by atoms with E-state index in [1.807, 2.05) is 0 Å². The normalized spacial score (nSPS) is 12.9. The van der Waals surface area contributed by atoms with Gasteiger partial charge in [0.1, 0.15) is 0 Å². The molecular weight excluding hydrogens is 443 g/mol. The van der Waals surface area contributed by atoms with Gasteiger partial charge in [0.15, 0.2) is 9.84 Å². The number of aliphatic hydroxyl groups is 1. The Bertz CT molecular complexity index is 1180. The van der Waals surface area contributed by atoms with E-state index in [-0.39, 0.29) is 21.8 Å². The molecule has 0 aromatic heterocycles. The van der Waals surface area contributed by atoms with Crippen LogP contribution in [0.3, 0.4) is 0 Å². The molecule has 0 spiro atoms. The summed E-state index contributed by atoms with van der Waals surface area (Å²) in [5, 5.41) is 12.6. The van der Waals surface area contributed by atoms with E-state index in [9.17, 15) is 31.5 Å². The van der Waals surface area contributed by atoms with Gasteiger partial charge in [-0.15, -0.1) is 0 Å². The first kappa shape index (κ1) is 23.5. The molecule has 0 bridgehead atoms. The van der Waals surface area contributed by atoms with Crippen LogP contribution in [0.25, 0.3) is 0 Å². The van der Waals surface area contributed by atoms with Crippen molar-refractivity contribution in [3.8, 4) is 0 Å². The fraction of sp³-hybridized carbons (Fsp3) is 0.174. The maximum absolute atomic E-state index is 13.1. The molecule has 32 heavy (non-hydrogen) atoms. The highest BCUT2D eigenvalue weighted by atomic mass is 32.2. The Kier molecular flexibility index (Phi) is 7.00. The number of hydrogen-bond acceptors (Lipinski definition) is 4. The lowest BCUT2D eigenvalue weighted by Crippen LogP contribution is -2.29. The van der Waals surface area contributed by atoms with Crippen molar-refractivity contribution in [3.63, 3.8) is 0 Å². The summed E-state index contributed by atoms with van der Waals surface area (Å²) in [5.74, 6) is -0.850. The number of carbonyl (C=O) groups excluding carboxylic acids is 1. The summed E-state index contributed by atoms with van der Waals surface area (Å²) in [4.78, 5) is 12.5. The third-order valence-corrected chi connectivity index (χ3v) is 6.46. The molecule has 1 unspecified atom stereocenters. The molecule has 0 fully saturated rings. The molecule has 9 heteroatoms. The fourth-order valence-corrected chi connectivity index (χ4v) is 4.50. The van der Waals surface area contributed by atoms with E-state index in [1.165, 1.54) is 48.5 Å². The van der Waals surface area contributed by atoms with Crippen molar-refractivity contribution in [3.05, 3.63) is 101 Å². The van der Waals surface area contributed by atoms with Gasteiger partial charge < -0.3 is 10.4 Å². The SMILES string of the molecule is O=C(NCC(O)c1ccccc1C(F)(F)F)c1ccc(CS(=O)(=O)c2ccccc2)cc1. The summed E-state index contributed by atoms with van der Waals surface area (Å²) >= 11 is 0. The van der Waals surface area contributed by atoms with Crippen molar-refractivity contribution in [2.75, 3.05) is 6.54 Å². The number of rotatable bonds is 7. The van der Waals surface area contributed by atoms with E-state index in [0.717, 1.165) is 12.1 Å². The van der Waals surface area contributed by atoms with Gasteiger partial charge in [-0.3, -0.25) is 4.79 Å². The molecule has 3 rings (SSSR count). The van der Waals surface area contributed by atoms with Crippen LogP contribution in [0, 0.1) is 0 Å². The van der Waals surface area contributed by atoms with E-state index in [0.29, 0.717) is 5.56 Å². The van der Waals surface area contributed by atoms with E-state index >= 15 is 0 Å². The second-order valence-electron chi connectivity index (χ2n) is 7.08. The van der Waals surface area contributed by atoms with Crippen molar-refractivity contribution in [1.29, 1.82) is 0 Å². The highest BCUT2D eigenvalue weighted by Crippen LogP contribution is 2.34. The van der Waals surface area contributed by atoms with Crippen LogP contribution in [0.5, 0.6) is 0 Å². The molecule has 0 saturated heterocycles. The number of amides is 1. The Morgan fingerprint density at radius 1 is 0.906 bits per heavy atom. The van der Waals surface area contributed by atoms with Crippen LogP contribution < -0.4 is 5.32 Å². The zero-order chi connectivity index (χ0) is 23.4. The van der Waals surface area contributed by atoms with Crippen molar-refractivity contribution in [2.24, 2.45) is 0 Å². The summed E-state index contributed by atoms with van der Waals surface area (Å²) in [7, 11) is -3.54. The summed E-state index contributed by atoms with van der Waals surface area (Å²) in [6.07, 6.45) is -6.18. The number of alkyl halides is 3. The van der Waals surface area contributed by atoms with Crippen LogP contribution in [-0.4, -0.2) is 26.0 Å². The Balaban J connectivity index is 1.63. The summed E-state index contributed by atoms with van der Waals surface area (Å²) in [6, 6.07) is 18.4. The first-order valence-electron chi connectivity index (χ1n) is 9.57. The zero-order valence-electron chi connectivity index (χ0n) is 16.7. The molecule has 1 atom stereocenters. The number of carbonyl (C=O) groups is 1. The van der Waals surface area contributed by atoms with Crippen molar-refractivity contribution < 1.29 is 31.5 Å². The van der Waals surface area contributed by atoms with Gasteiger partial charge in [0.05, 0.1) is 22.3 Å². The van der Waals surface area contributed by atoms with Crippen molar-refractivity contribution in [2.45, 2.75) is 22.9 Å². The second kappa shape index (κ2) is 9.54. The smallest absolute Gasteiger partial charge is 0.387 e. The lowest BCUT2D eigenvalue weighted by atomic mass is 10.0. The minimum Gasteiger partial charge on any atom is -0.387 e. The minimum absolute atomic E-state index is 0.183. The topological polar surface area (TPSA) is 83.5 Å². The van der Waals surface area contributed by atoms with Crippen molar-refractivity contribution >= 4 is 15.7 Å². The maximum Gasteiger partial charge on any atom is 0.416 e. The number of nitrogens with one attached hydrogen (secondary N) is 1. The molecule has 0 aliphatic heterocycles. The zero-order valence-corrected chi connectivity index (χ0v) is 17.5. The lowest BCUT2D eigenvalue weighted by Gasteiger charge is -2.18. The summed E-state index contributed by atoms with van der Waals surface area (Å²) < 4.78 is 64.2. The van der Waals surface area contributed by atoms with Gasteiger partial charge >= 0.3 is 6.18 Å². The third kappa shape index (κ3) is 5.74. The molecule has 168 valence electrons. The second-order valence-corrected chi connectivity index (χ2v) is 9.07. The maximum atomic E-state index is 13.1.